The Hall–Kier alpha value is -3.26. The molecule has 0 aromatic heterocycles. The number of carbonyl (C=O) groups is 2. The molecule has 1 saturated heterocycles. The van der Waals surface area contributed by atoms with E-state index in [0.717, 1.165) is 31.2 Å². The Bertz CT molecular complexity index is 1060. The number of benzene rings is 2. The fourth-order valence-electron chi connectivity index (χ4n) is 5.42. The largest absolute Gasteiger partial charge is 0.508 e. The third-order valence-electron chi connectivity index (χ3n) is 7.39. The van der Waals surface area contributed by atoms with Crippen molar-refractivity contribution >= 4 is 11.9 Å². The highest BCUT2D eigenvalue weighted by molar-refractivity contribution is 5.82. The molecule has 8 heteroatoms. The van der Waals surface area contributed by atoms with Crippen LogP contribution in [-0.2, 0) is 15.1 Å². The minimum atomic E-state index is -1.13. The number of carboxylic acid groups (broad SMARTS) is 1. The highest BCUT2D eigenvalue weighted by Crippen LogP contribution is 2.48. The zero-order chi connectivity index (χ0) is 25.7. The van der Waals surface area contributed by atoms with Gasteiger partial charge in [-0.2, -0.15) is 0 Å². The van der Waals surface area contributed by atoms with Gasteiger partial charge in [-0.05, 0) is 48.2 Å². The van der Waals surface area contributed by atoms with Crippen LogP contribution in [0.15, 0.2) is 42.5 Å². The van der Waals surface area contributed by atoms with E-state index in [2.05, 4.69) is 19.2 Å². The molecule has 0 spiro atoms. The number of fused-ring (bicyclic) bond motifs is 1. The summed E-state index contributed by atoms with van der Waals surface area (Å²) in [4.78, 5) is 28.5. The number of aromatic hydroxyl groups is 1. The van der Waals surface area contributed by atoms with Crippen molar-refractivity contribution in [1.29, 1.82) is 0 Å². The van der Waals surface area contributed by atoms with Crippen LogP contribution >= 0.6 is 0 Å². The molecule has 2 aliphatic heterocycles. The third kappa shape index (κ3) is 5.14. The smallest absolute Gasteiger partial charge is 0.309 e. The minimum absolute atomic E-state index is 0.0171. The molecule has 0 saturated carbocycles. The van der Waals surface area contributed by atoms with Gasteiger partial charge in [0.05, 0.1) is 17.9 Å². The lowest BCUT2D eigenvalue weighted by Gasteiger charge is -2.37. The molecule has 4 rings (SSSR count). The molecule has 0 radical (unpaired) electrons. The first-order valence-electron chi connectivity index (χ1n) is 12.8. The lowest BCUT2D eigenvalue weighted by Crippen LogP contribution is -2.49. The minimum Gasteiger partial charge on any atom is -0.508 e. The number of nitrogens with one attached hydrogen (secondary N) is 1. The second-order valence-corrected chi connectivity index (χ2v) is 9.70. The fourth-order valence-corrected chi connectivity index (χ4v) is 5.42. The van der Waals surface area contributed by atoms with Crippen LogP contribution in [0.25, 0.3) is 0 Å². The number of ether oxygens (including phenoxy) is 2. The number of carbonyl (C=O) groups excluding carboxylic acids is 1. The van der Waals surface area contributed by atoms with Crippen molar-refractivity contribution in [1.82, 2.24) is 10.2 Å². The first-order chi connectivity index (χ1) is 17.4. The van der Waals surface area contributed by atoms with E-state index in [9.17, 15) is 19.8 Å². The van der Waals surface area contributed by atoms with E-state index in [1.807, 2.05) is 17.0 Å². The Morgan fingerprint density at radius 1 is 1.03 bits per heavy atom. The Labute approximate surface area is 212 Å². The second-order valence-electron chi connectivity index (χ2n) is 9.70. The number of unbranched alkanes of at least 4 members (excludes halogenated alkanes) is 2. The molecule has 194 valence electrons. The molecule has 1 amide bonds. The third-order valence-corrected chi connectivity index (χ3v) is 7.39. The molecule has 3 N–H and O–H groups in total. The number of phenolic OH excluding ortho intramolecular Hbond substituents is 1. The SMILES string of the molecule is CCCCN(CCCC)C(=O)CC1(c2ccc(O)cc2)NCC(c2ccc3c(c2)OCO3)C1C(=O)O. The first-order valence-corrected chi connectivity index (χ1v) is 12.8. The molecule has 0 aliphatic carbocycles. The van der Waals surface area contributed by atoms with Crippen LogP contribution in [-0.4, -0.2) is 53.4 Å². The number of phenols is 1. The van der Waals surface area contributed by atoms with Crippen molar-refractivity contribution in [2.24, 2.45) is 5.92 Å². The normalized spacial score (nSPS) is 22.5. The van der Waals surface area contributed by atoms with E-state index < -0.39 is 23.3 Å². The van der Waals surface area contributed by atoms with Crippen LogP contribution in [0.4, 0.5) is 0 Å². The van der Waals surface area contributed by atoms with Crippen LogP contribution in [0.3, 0.4) is 0 Å². The molecular formula is C28H36N2O6. The van der Waals surface area contributed by atoms with Crippen molar-refractivity contribution in [3.8, 4) is 17.2 Å². The van der Waals surface area contributed by atoms with Gasteiger partial charge in [0.25, 0.3) is 0 Å². The maximum Gasteiger partial charge on any atom is 0.309 e. The van der Waals surface area contributed by atoms with Gasteiger partial charge in [-0.15, -0.1) is 0 Å². The molecule has 1 fully saturated rings. The molecule has 8 nitrogen and oxygen atoms in total. The standard InChI is InChI=1S/C28H36N2O6/c1-3-5-13-30(14-6-4-2)25(32)16-28(20-8-10-21(31)11-9-20)26(27(33)34)22(17-29-28)19-7-12-23-24(15-19)36-18-35-23/h7-12,15,22,26,29,31H,3-6,13-14,16-18H2,1-2H3,(H,33,34). The average molecular weight is 497 g/mol. The van der Waals surface area contributed by atoms with Gasteiger partial charge < -0.3 is 29.9 Å². The van der Waals surface area contributed by atoms with Crippen LogP contribution in [0.5, 0.6) is 17.2 Å². The lowest BCUT2D eigenvalue weighted by molar-refractivity contribution is -0.145. The summed E-state index contributed by atoms with van der Waals surface area (Å²) >= 11 is 0. The molecule has 36 heavy (non-hydrogen) atoms. The number of hydrogen-bond acceptors (Lipinski definition) is 6. The van der Waals surface area contributed by atoms with Crippen molar-refractivity contribution in [3.63, 3.8) is 0 Å². The summed E-state index contributed by atoms with van der Waals surface area (Å²) < 4.78 is 11.0. The van der Waals surface area contributed by atoms with E-state index in [0.29, 0.717) is 36.7 Å². The number of aliphatic carboxylic acids is 1. The van der Waals surface area contributed by atoms with Crippen molar-refractivity contribution in [2.45, 2.75) is 57.4 Å². The Kier molecular flexibility index (Phi) is 8.04. The molecule has 2 heterocycles. The Balaban J connectivity index is 1.73. The second kappa shape index (κ2) is 11.2. The summed E-state index contributed by atoms with van der Waals surface area (Å²) in [7, 11) is 0. The van der Waals surface area contributed by atoms with Gasteiger partial charge in [-0.25, -0.2) is 0 Å². The quantitative estimate of drug-likeness (QED) is 0.427. The van der Waals surface area contributed by atoms with Crippen LogP contribution < -0.4 is 14.8 Å². The molecular weight excluding hydrogens is 460 g/mol. The topological polar surface area (TPSA) is 108 Å². The highest BCUT2D eigenvalue weighted by Gasteiger charge is 2.55. The maximum absolute atomic E-state index is 13.7. The molecule has 2 aliphatic rings. The zero-order valence-electron chi connectivity index (χ0n) is 21.0. The van der Waals surface area contributed by atoms with E-state index in [1.54, 1.807) is 30.3 Å². The highest BCUT2D eigenvalue weighted by atomic mass is 16.7. The van der Waals surface area contributed by atoms with Crippen LogP contribution in [0, 0.1) is 5.92 Å². The van der Waals surface area contributed by atoms with Crippen molar-refractivity contribution in [3.05, 3.63) is 53.6 Å². The lowest BCUT2D eigenvalue weighted by atomic mass is 9.71. The maximum atomic E-state index is 13.7. The average Bonchev–Trinajstić information content (AvgIpc) is 3.49. The number of nitrogens with zero attached hydrogens (tertiary/aromatic N) is 1. The number of amides is 1. The van der Waals surface area contributed by atoms with Gasteiger partial charge in [0.15, 0.2) is 11.5 Å². The number of carboxylic acids is 1. The van der Waals surface area contributed by atoms with Gasteiger partial charge in [0.1, 0.15) is 5.75 Å². The van der Waals surface area contributed by atoms with E-state index in [1.165, 1.54) is 0 Å². The van der Waals surface area contributed by atoms with Gasteiger partial charge in [0, 0.05) is 25.6 Å². The monoisotopic (exact) mass is 496 g/mol. The van der Waals surface area contributed by atoms with Crippen molar-refractivity contribution in [2.75, 3.05) is 26.4 Å². The number of rotatable bonds is 11. The summed E-state index contributed by atoms with van der Waals surface area (Å²) in [6.07, 6.45) is 3.76. The summed E-state index contributed by atoms with van der Waals surface area (Å²) in [6, 6.07) is 12.0. The summed E-state index contributed by atoms with van der Waals surface area (Å²) in [6.45, 7) is 6.02. The van der Waals surface area contributed by atoms with Gasteiger partial charge >= 0.3 is 5.97 Å². The van der Waals surface area contributed by atoms with E-state index in [-0.39, 0.29) is 24.9 Å². The zero-order valence-corrected chi connectivity index (χ0v) is 21.0. The van der Waals surface area contributed by atoms with Gasteiger partial charge in [0.2, 0.25) is 12.7 Å². The summed E-state index contributed by atoms with van der Waals surface area (Å²) in [5.74, 6) is -1.01. The molecule has 0 bridgehead atoms. The van der Waals surface area contributed by atoms with Crippen LogP contribution in [0.1, 0.15) is 63.0 Å². The Morgan fingerprint density at radius 3 is 2.33 bits per heavy atom. The first kappa shape index (κ1) is 25.8. The van der Waals surface area contributed by atoms with Crippen molar-refractivity contribution < 1.29 is 29.3 Å². The molecule has 2 aromatic rings. The van der Waals surface area contributed by atoms with Gasteiger partial charge in [-0.3, -0.25) is 9.59 Å². The molecule has 3 unspecified atom stereocenters. The number of hydrogen-bond donors (Lipinski definition) is 3. The van der Waals surface area contributed by atoms with E-state index in [4.69, 9.17) is 9.47 Å². The summed E-state index contributed by atoms with van der Waals surface area (Å²) in [5, 5.41) is 23.9. The van der Waals surface area contributed by atoms with Gasteiger partial charge in [-0.1, -0.05) is 44.9 Å². The molecule has 2 aromatic carbocycles. The summed E-state index contributed by atoms with van der Waals surface area (Å²) in [5.41, 5.74) is 0.366. The van der Waals surface area contributed by atoms with E-state index >= 15 is 0 Å². The fraction of sp³-hybridized carbons (Fsp3) is 0.500. The Morgan fingerprint density at radius 2 is 1.69 bits per heavy atom. The molecule has 3 atom stereocenters. The predicted octanol–water partition coefficient (Wildman–Crippen LogP) is 4.22. The van der Waals surface area contributed by atoms with Crippen LogP contribution in [0.2, 0.25) is 0 Å². The predicted molar refractivity (Wildman–Crippen MR) is 135 cm³/mol.